The third-order valence-corrected chi connectivity index (χ3v) is 5.96. The highest BCUT2D eigenvalue weighted by Gasteiger charge is 2.21. The van der Waals surface area contributed by atoms with Gasteiger partial charge in [0.25, 0.3) is 5.56 Å². The summed E-state index contributed by atoms with van der Waals surface area (Å²) < 4.78 is 7.60. The van der Waals surface area contributed by atoms with Crippen LogP contribution in [0.3, 0.4) is 0 Å². The third kappa shape index (κ3) is 4.23. The Morgan fingerprint density at radius 1 is 1.17 bits per heavy atom. The molecule has 1 aliphatic rings. The molecule has 6 heteroatoms. The van der Waals surface area contributed by atoms with E-state index in [9.17, 15) is 4.79 Å². The third-order valence-electron chi connectivity index (χ3n) is 4.84. The van der Waals surface area contributed by atoms with Crippen LogP contribution in [0.5, 0.6) is 5.75 Å². The minimum absolute atomic E-state index is 0.0771. The van der Waals surface area contributed by atoms with E-state index in [1.165, 1.54) is 4.68 Å². The number of thioether (sulfide) groups is 1. The molecule has 0 spiro atoms. The second-order valence-corrected chi connectivity index (χ2v) is 8.76. The first-order valence-electron chi connectivity index (χ1n) is 9.69. The number of hydrogen-bond acceptors (Lipinski definition) is 5. The van der Waals surface area contributed by atoms with Gasteiger partial charge in [0, 0.05) is 28.8 Å². The van der Waals surface area contributed by atoms with E-state index in [4.69, 9.17) is 9.84 Å². The normalized spacial score (nSPS) is 13.7. The minimum Gasteiger partial charge on any atom is -0.489 e. The Morgan fingerprint density at radius 2 is 1.93 bits per heavy atom. The molecule has 0 saturated heterocycles. The highest BCUT2D eigenvalue weighted by molar-refractivity contribution is 7.98. The van der Waals surface area contributed by atoms with Gasteiger partial charge in [0.15, 0.2) is 0 Å². The van der Waals surface area contributed by atoms with Gasteiger partial charge in [-0.25, -0.2) is 0 Å². The number of ether oxygens (including phenoxy) is 1. The summed E-state index contributed by atoms with van der Waals surface area (Å²) in [5, 5.41) is 4.75. The van der Waals surface area contributed by atoms with Gasteiger partial charge < -0.3 is 9.64 Å². The second kappa shape index (κ2) is 8.05. The molecule has 1 unspecified atom stereocenters. The molecule has 150 valence electrons. The molecule has 0 aliphatic carbocycles. The van der Waals surface area contributed by atoms with Crippen molar-refractivity contribution in [2.75, 3.05) is 20.6 Å². The fourth-order valence-electron chi connectivity index (χ4n) is 3.53. The van der Waals surface area contributed by atoms with Crippen LogP contribution in [0.1, 0.15) is 18.1 Å². The molecule has 0 amide bonds. The fourth-order valence-corrected chi connectivity index (χ4v) is 4.54. The standard InChI is InChI=1S/C23H25N3O2S/c1-15-5-7-18(8-6-15)26-22(27)11-17-14-29-21-10-9-19(12-20(21)23(17)24-26)28-16(2)13-25(3)4/h5-12,16H,13-14H2,1-4H3. The molecule has 3 aromatic rings. The first-order chi connectivity index (χ1) is 13.9. The van der Waals surface area contributed by atoms with Crippen LogP contribution >= 0.6 is 11.8 Å². The Morgan fingerprint density at radius 3 is 2.66 bits per heavy atom. The maximum Gasteiger partial charge on any atom is 0.271 e. The highest BCUT2D eigenvalue weighted by Crippen LogP contribution is 2.41. The van der Waals surface area contributed by atoms with Crippen LogP contribution in [-0.4, -0.2) is 41.4 Å². The Balaban J connectivity index is 1.74. The topological polar surface area (TPSA) is 47.4 Å². The van der Waals surface area contributed by atoms with E-state index in [2.05, 4.69) is 17.9 Å². The lowest BCUT2D eigenvalue weighted by molar-refractivity contribution is 0.177. The van der Waals surface area contributed by atoms with Crippen molar-refractivity contribution >= 4 is 11.8 Å². The van der Waals surface area contributed by atoms with E-state index in [-0.39, 0.29) is 11.7 Å². The van der Waals surface area contributed by atoms with E-state index < -0.39 is 0 Å². The van der Waals surface area contributed by atoms with Crippen molar-refractivity contribution < 1.29 is 4.74 Å². The van der Waals surface area contributed by atoms with Crippen molar-refractivity contribution in [2.24, 2.45) is 0 Å². The summed E-state index contributed by atoms with van der Waals surface area (Å²) in [6.07, 6.45) is 0.0771. The molecule has 2 aromatic carbocycles. The quantitative estimate of drug-likeness (QED) is 0.636. The Kier molecular flexibility index (Phi) is 5.48. The fraction of sp³-hybridized carbons (Fsp3) is 0.304. The number of aryl methyl sites for hydroxylation is 1. The average molecular weight is 408 g/mol. The van der Waals surface area contributed by atoms with Gasteiger partial charge in [-0.2, -0.15) is 9.78 Å². The van der Waals surface area contributed by atoms with Crippen molar-refractivity contribution in [1.82, 2.24) is 14.7 Å². The molecular formula is C23H25N3O2S. The SMILES string of the molecule is Cc1ccc(-n2nc3c(cc2=O)CSc2ccc(OC(C)CN(C)C)cc2-3)cc1. The Bertz CT molecular complexity index is 1090. The van der Waals surface area contributed by atoms with Crippen LogP contribution in [0.25, 0.3) is 16.9 Å². The molecule has 29 heavy (non-hydrogen) atoms. The largest absolute Gasteiger partial charge is 0.489 e. The minimum atomic E-state index is -0.108. The van der Waals surface area contributed by atoms with Gasteiger partial charge in [-0.15, -0.1) is 11.8 Å². The lowest BCUT2D eigenvalue weighted by Gasteiger charge is -2.22. The van der Waals surface area contributed by atoms with Crippen molar-refractivity contribution in [3.8, 4) is 22.7 Å². The predicted octanol–water partition coefficient (Wildman–Crippen LogP) is 4.14. The molecule has 4 rings (SSSR count). The van der Waals surface area contributed by atoms with Gasteiger partial charge in [-0.3, -0.25) is 4.79 Å². The molecular weight excluding hydrogens is 382 g/mol. The number of aromatic nitrogens is 2. The van der Waals surface area contributed by atoms with Crippen LogP contribution < -0.4 is 10.3 Å². The summed E-state index contributed by atoms with van der Waals surface area (Å²) in [4.78, 5) is 15.9. The van der Waals surface area contributed by atoms with Gasteiger partial charge >= 0.3 is 0 Å². The number of benzene rings is 2. The first kappa shape index (κ1) is 19.7. The van der Waals surface area contributed by atoms with E-state index in [1.807, 2.05) is 57.4 Å². The maximum atomic E-state index is 12.7. The van der Waals surface area contributed by atoms with Crippen LogP contribution in [0.4, 0.5) is 0 Å². The number of likely N-dealkylation sites (N-methyl/N-ethyl adjacent to an activating group) is 1. The van der Waals surface area contributed by atoms with Crippen molar-refractivity contribution in [1.29, 1.82) is 0 Å². The Labute approximate surface area is 175 Å². The maximum absolute atomic E-state index is 12.7. The average Bonchev–Trinajstić information content (AvgIpc) is 2.67. The molecule has 0 saturated carbocycles. The molecule has 1 atom stereocenters. The van der Waals surface area contributed by atoms with Gasteiger partial charge in [-0.05, 0) is 63.8 Å². The van der Waals surface area contributed by atoms with E-state index in [0.29, 0.717) is 0 Å². The van der Waals surface area contributed by atoms with Crippen LogP contribution in [0, 0.1) is 6.92 Å². The number of fused-ring (bicyclic) bond motifs is 3. The first-order valence-corrected chi connectivity index (χ1v) is 10.7. The van der Waals surface area contributed by atoms with Gasteiger partial charge in [0.1, 0.15) is 11.9 Å². The summed E-state index contributed by atoms with van der Waals surface area (Å²) in [6, 6.07) is 15.7. The lowest BCUT2D eigenvalue weighted by atomic mass is 10.1. The summed E-state index contributed by atoms with van der Waals surface area (Å²) >= 11 is 1.73. The van der Waals surface area contributed by atoms with Gasteiger partial charge in [-0.1, -0.05) is 17.7 Å². The van der Waals surface area contributed by atoms with E-state index in [1.54, 1.807) is 17.8 Å². The predicted molar refractivity (Wildman–Crippen MR) is 118 cm³/mol. The summed E-state index contributed by atoms with van der Waals surface area (Å²) in [7, 11) is 4.07. The zero-order valence-corrected chi connectivity index (χ0v) is 18.0. The molecule has 1 aliphatic heterocycles. The van der Waals surface area contributed by atoms with Crippen LogP contribution in [0.2, 0.25) is 0 Å². The molecule has 1 aromatic heterocycles. The van der Waals surface area contributed by atoms with Gasteiger partial charge in [0.2, 0.25) is 0 Å². The van der Waals surface area contributed by atoms with Crippen molar-refractivity contribution in [3.63, 3.8) is 0 Å². The summed E-state index contributed by atoms with van der Waals surface area (Å²) in [5.74, 6) is 1.57. The van der Waals surface area contributed by atoms with E-state index in [0.717, 1.165) is 51.0 Å². The second-order valence-electron chi connectivity index (χ2n) is 7.74. The van der Waals surface area contributed by atoms with Crippen molar-refractivity contribution in [3.05, 3.63) is 70.0 Å². The van der Waals surface area contributed by atoms with Crippen molar-refractivity contribution in [2.45, 2.75) is 30.6 Å². The smallest absolute Gasteiger partial charge is 0.271 e. The van der Waals surface area contributed by atoms with Crippen LogP contribution in [-0.2, 0) is 5.75 Å². The number of hydrogen-bond donors (Lipinski definition) is 0. The molecule has 0 N–H and O–H groups in total. The number of rotatable bonds is 5. The zero-order chi connectivity index (χ0) is 20.5. The summed E-state index contributed by atoms with van der Waals surface area (Å²) in [5.41, 5.74) is 4.65. The molecule has 2 heterocycles. The monoisotopic (exact) mass is 407 g/mol. The highest BCUT2D eigenvalue weighted by atomic mass is 32.2. The summed E-state index contributed by atoms with van der Waals surface area (Å²) in [6.45, 7) is 4.93. The molecule has 0 radical (unpaired) electrons. The Hall–Kier alpha value is -2.57. The molecule has 0 fully saturated rings. The van der Waals surface area contributed by atoms with Gasteiger partial charge in [0.05, 0.1) is 11.4 Å². The molecule has 0 bridgehead atoms. The van der Waals surface area contributed by atoms with E-state index >= 15 is 0 Å². The zero-order valence-electron chi connectivity index (χ0n) is 17.2. The number of nitrogens with zero attached hydrogens (tertiary/aromatic N) is 3. The van der Waals surface area contributed by atoms with Crippen LogP contribution in [0.15, 0.2) is 58.2 Å². The lowest BCUT2D eigenvalue weighted by Crippen LogP contribution is -2.28. The molecule has 5 nitrogen and oxygen atoms in total.